The summed E-state index contributed by atoms with van der Waals surface area (Å²) in [5.74, 6) is 0. The molecule has 0 spiro atoms. The first-order valence-electron chi connectivity index (χ1n) is 10.8. The third kappa shape index (κ3) is 4.56. The second-order valence-corrected chi connectivity index (χ2v) is 9.97. The molecule has 0 saturated heterocycles. The molecule has 4 rings (SSSR count). The lowest BCUT2D eigenvalue weighted by Gasteiger charge is -2.17. The number of sulfonamides is 1. The second kappa shape index (κ2) is 9.11. The van der Waals surface area contributed by atoms with Crippen molar-refractivity contribution >= 4 is 21.7 Å². The SMILES string of the molecule is CC(C)n1cc(S(=O)(=O)NC(=O)Nc2c(-c3ccnc(C#N)c3)ccc3c2CCC3)ccc1=O. The largest absolute Gasteiger partial charge is 0.333 e. The van der Waals surface area contributed by atoms with Crippen LogP contribution in [0.25, 0.3) is 11.1 Å². The summed E-state index contributed by atoms with van der Waals surface area (Å²) in [6, 6.07) is 10.3. The van der Waals surface area contributed by atoms with Gasteiger partial charge in [-0.15, -0.1) is 0 Å². The van der Waals surface area contributed by atoms with Crippen molar-refractivity contribution in [3.63, 3.8) is 0 Å². The lowest BCUT2D eigenvalue weighted by Crippen LogP contribution is -2.35. The molecule has 3 aromatic rings. The molecule has 0 atom stereocenters. The molecule has 0 aliphatic heterocycles. The number of anilines is 1. The fraction of sp³-hybridized carbons (Fsp3) is 0.250. The zero-order valence-electron chi connectivity index (χ0n) is 18.7. The Hall–Kier alpha value is -3.97. The second-order valence-electron chi connectivity index (χ2n) is 8.28. The van der Waals surface area contributed by atoms with Crippen LogP contribution >= 0.6 is 0 Å². The lowest BCUT2D eigenvalue weighted by molar-refractivity contribution is 0.256. The minimum absolute atomic E-state index is 0.192. The van der Waals surface area contributed by atoms with Crippen LogP contribution in [0.4, 0.5) is 10.5 Å². The normalized spacial score (nSPS) is 12.8. The van der Waals surface area contributed by atoms with Gasteiger partial charge in [0.1, 0.15) is 16.7 Å². The number of carbonyl (C=O) groups is 1. The number of nitrogens with one attached hydrogen (secondary N) is 2. The first kappa shape index (κ1) is 23.2. The molecule has 174 valence electrons. The highest BCUT2D eigenvalue weighted by molar-refractivity contribution is 7.90. The van der Waals surface area contributed by atoms with E-state index in [-0.39, 0.29) is 22.2 Å². The Morgan fingerprint density at radius 1 is 1.18 bits per heavy atom. The van der Waals surface area contributed by atoms with Crippen LogP contribution in [0.15, 0.2) is 58.5 Å². The van der Waals surface area contributed by atoms with Crippen molar-refractivity contribution in [1.29, 1.82) is 5.26 Å². The van der Waals surface area contributed by atoms with E-state index in [1.54, 1.807) is 26.0 Å². The standard InChI is InChI=1S/C24H23N5O4S/c1-15(2)29-14-19(7-9-22(29)30)34(32,33)28-24(31)27-23-20-5-3-4-16(20)6-8-21(23)17-10-11-26-18(12-17)13-25/h6-12,14-15H,3-5H2,1-2H3,(H2,27,28,31). The van der Waals surface area contributed by atoms with Gasteiger partial charge in [0, 0.05) is 30.1 Å². The van der Waals surface area contributed by atoms with Crippen LogP contribution in [-0.2, 0) is 22.9 Å². The smallest absolute Gasteiger partial charge is 0.312 e. The maximum atomic E-state index is 12.9. The number of aromatic nitrogens is 2. The number of urea groups is 1. The number of nitriles is 1. The fourth-order valence-electron chi connectivity index (χ4n) is 4.07. The summed E-state index contributed by atoms with van der Waals surface area (Å²) in [5.41, 5.74) is 3.77. The molecular formula is C24H23N5O4S. The summed E-state index contributed by atoms with van der Waals surface area (Å²) in [7, 11) is -4.23. The van der Waals surface area contributed by atoms with Crippen LogP contribution < -0.4 is 15.6 Å². The van der Waals surface area contributed by atoms with E-state index < -0.39 is 16.1 Å². The molecule has 1 aliphatic carbocycles. The van der Waals surface area contributed by atoms with Gasteiger partial charge < -0.3 is 9.88 Å². The Morgan fingerprint density at radius 3 is 2.71 bits per heavy atom. The first-order valence-corrected chi connectivity index (χ1v) is 12.2. The molecule has 2 amide bonds. The van der Waals surface area contributed by atoms with Gasteiger partial charge in [0.15, 0.2) is 0 Å². The van der Waals surface area contributed by atoms with Crippen LogP contribution in [0.5, 0.6) is 0 Å². The average Bonchev–Trinajstić information content (AvgIpc) is 3.28. The van der Waals surface area contributed by atoms with Crippen LogP contribution in [0.1, 0.15) is 43.1 Å². The van der Waals surface area contributed by atoms with Crippen molar-refractivity contribution in [3.05, 3.63) is 76.0 Å². The first-order chi connectivity index (χ1) is 16.2. The van der Waals surface area contributed by atoms with Crippen molar-refractivity contribution in [2.75, 3.05) is 5.32 Å². The number of nitrogens with zero attached hydrogens (tertiary/aromatic N) is 3. The number of hydrogen-bond acceptors (Lipinski definition) is 6. The number of hydrogen-bond donors (Lipinski definition) is 2. The third-order valence-electron chi connectivity index (χ3n) is 5.71. The summed E-state index contributed by atoms with van der Waals surface area (Å²) in [6.45, 7) is 3.51. The Morgan fingerprint density at radius 2 is 1.97 bits per heavy atom. The molecular weight excluding hydrogens is 454 g/mol. The van der Waals surface area contributed by atoms with Gasteiger partial charge in [-0.05, 0) is 68.0 Å². The minimum atomic E-state index is -4.23. The van der Waals surface area contributed by atoms with Crippen LogP contribution in [0, 0.1) is 11.3 Å². The zero-order chi connectivity index (χ0) is 24.5. The maximum Gasteiger partial charge on any atom is 0.333 e. The van der Waals surface area contributed by atoms with Crippen molar-refractivity contribution < 1.29 is 13.2 Å². The molecule has 2 heterocycles. The van der Waals surface area contributed by atoms with Crippen LogP contribution in [-0.4, -0.2) is 24.0 Å². The molecule has 9 nitrogen and oxygen atoms in total. The lowest BCUT2D eigenvalue weighted by atomic mass is 9.97. The van der Waals surface area contributed by atoms with E-state index in [1.807, 2.05) is 22.9 Å². The Balaban J connectivity index is 1.67. The van der Waals surface area contributed by atoms with Crippen molar-refractivity contribution in [1.82, 2.24) is 14.3 Å². The predicted octanol–water partition coefficient (Wildman–Crippen LogP) is 3.36. The van der Waals surface area contributed by atoms with Crippen LogP contribution in [0.3, 0.4) is 0 Å². The molecule has 0 fully saturated rings. The fourth-order valence-corrected chi connectivity index (χ4v) is 4.99. The average molecular weight is 478 g/mol. The van der Waals surface area contributed by atoms with Crippen molar-refractivity contribution in [3.8, 4) is 17.2 Å². The van der Waals surface area contributed by atoms with E-state index in [1.165, 1.54) is 23.0 Å². The highest BCUT2D eigenvalue weighted by atomic mass is 32.2. The summed E-state index contributed by atoms with van der Waals surface area (Å²) in [4.78, 5) is 28.6. The summed E-state index contributed by atoms with van der Waals surface area (Å²) < 4.78 is 29.0. The van der Waals surface area contributed by atoms with Crippen molar-refractivity contribution in [2.45, 2.75) is 44.0 Å². The summed E-state index contributed by atoms with van der Waals surface area (Å²) in [6.07, 6.45) is 5.25. The van der Waals surface area contributed by atoms with Crippen LogP contribution in [0.2, 0.25) is 0 Å². The predicted molar refractivity (Wildman–Crippen MR) is 127 cm³/mol. The molecule has 0 bridgehead atoms. The monoisotopic (exact) mass is 477 g/mol. The molecule has 0 saturated carbocycles. The summed E-state index contributed by atoms with van der Waals surface area (Å²) >= 11 is 0. The topological polar surface area (TPSA) is 134 Å². The Labute approximate surface area is 197 Å². The van der Waals surface area contributed by atoms with Gasteiger partial charge in [-0.1, -0.05) is 12.1 Å². The molecule has 1 aromatic carbocycles. The number of fused-ring (bicyclic) bond motifs is 1. The Bertz CT molecular complexity index is 1490. The highest BCUT2D eigenvalue weighted by Gasteiger charge is 2.24. The number of amides is 2. The van der Waals surface area contributed by atoms with Gasteiger partial charge in [-0.3, -0.25) is 4.79 Å². The number of rotatable bonds is 5. The number of carbonyl (C=O) groups excluding carboxylic acids is 1. The van der Waals surface area contributed by atoms with E-state index in [2.05, 4.69) is 10.3 Å². The highest BCUT2D eigenvalue weighted by Crippen LogP contribution is 2.37. The third-order valence-corrected chi connectivity index (χ3v) is 7.03. The molecule has 0 unspecified atom stereocenters. The van der Waals surface area contributed by atoms with Gasteiger partial charge in [0.25, 0.3) is 15.6 Å². The molecule has 1 aliphatic rings. The Kier molecular flexibility index (Phi) is 6.22. The van der Waals surface area contributed by atoms with Gasteiger partial charge in [-0.25, -0.2) is 22.9 Å². The maximum absolute atomic E-state index is 12.9. The number of aryl methyl sites for hydroxylation is 1. The van der Waals surface area contributed by atoms with E-state index in [4.69, 9.17) is 0 Å². The quantitative estimate of drug-likeness (QED) is 0.579. The summed E-state index contributed by atoms with van der Waals surface area (Å²) in [5, 5.41) is 11.9. The van der Waals surface area contributed by atoms with E-state index in [9.17, 15) is 23.3 Å². The van der Waals surface area contributed by atoms with Gasteiger partial charge in [0.2, 0.25) is 0 Å². The molecule has 10 heteroatoms. The van der Waals surface area contributed by atoms with E-state index >= 15 is 0 Å². The van der Waals surface area contributed by atoms with E-state index in [0.717, 1.165) is 36.5 Å². The number of benzene rings is 1. The van der Waals surface area contributed by atoms with Gasteiger partial charge in [-0.2, -0.15) is 5.26 Å². The van der Waals surface area contributed by atoms with Crippen molar-refractivity contribution in [2.24, 2.45) is 0 Å². The minimum Gasteiger partial charge on any atom is -0.312 e. The molecule has 2 aromatic heterocycles. The zero-order valence-corrected chi connectivity index (χ0v) is 19.5. The van der Waals surface area contributed by atoms with E-state index in [0.29, 0.717) is 16.8 Å². The van der Waals surface area contributed by atoms with Gasteiger partial charge in [0.05, 0.1) is 5.69 Å². The molecule has 34 heavy (non-hydrogen) atoms. The van der Waals surface area contributed by atoms with Gasteiger partial charge >= 0.3 is 6.03 Å². The molecule has 0 radical (unpaired) electrons. The molecule has 2 N–H and O–H groups in total. The number of pyridine rings is 2.